The van der Waals surface area contributed by atoms with Gasteiger partial charge in [-0.2, -0.15) is 0 Å². The third-order valence-electron chi connectivity index (χ3n) is 3.17. The standard InChI is InChI=1S/C16H14FN3O5/c1-9(21)18-14-7-10(3-6-15(14)25-2)19-16(22)12-8-11(20(23)24)4-5-13(12)17/h3-8H,1-2H3,(H,18,21)(H,19,22). The number of non-ortho nitro benzene ring substituents is 1. The topological polar surface area (TPSA) is 111 Å². The summed E-state index contributed by atoms with van der Waals surface area (Å²) in [5.74, 6) is -1.72. The quantitative estimate of drug-likeness (QED) is 0.638. The predicted molar refractivity (Wildman–Crippen MR) is 88.3 cm³/mol. The van der Waals surface area contributed by atoms with Gasteiger partial charge in [0, 0.05) is 24.7 Å². The molecule has 0 aromatic heterocycles. The zero-order valence-electron chi connectivity index (χ0n) is 13.3. The zero-order chi connectivity index (χ0) is 18.6. The summed E-state index contributed by atoms with van der Waals surface area (Å²) < 4.78 is 18.9. The number of nitro benzene ring substituents is 1. The van der Waals surface area contributed by atoms with Crippen LogP contribution in [0, 0.1) is 15.9 Å². The molecule has 0 aliphatic carbocycles. The molecule has 0 unspecified atom stereocenters. The smallest absolute Gasteiger partial charge is 0.270 e. The molecule has 0 aliphatic rings. The number of nitrogens with one attached hydrogen (secondary N) is 2. The molecule has 2 amide bonds. The summed E-state index contributed by atoms with van der Waals surface area (Å²) in [6.45, 7) is 1.31. The number of hydrogen-bond acceptors (Lipinski definition) is 5. The molecular formula is C16H14FN3O5. The highest BCUT2D eigenvalue weighted by Gasteiger charge is 2.17. The van der Waals surface area contributed by atoms with Gasteiger partial charge in [0.05, 0.1) is 23.3 Å². The fraction of sp³-hybridized carbons (Fsp3) is 0.125. The van der Waals surface area contributed by atoms with Crippen LogP contribution in [0.2, 0.25) is 0 Å². The lowest BCUT2D eigenvalue weighted by Gasteiger charge is -2.12. The van der Waals surface area contributed by atoms with Crippen LogP contribution >= 0.6 is 0 Å². The minimum atomic E-state index is -0.890. The maximum Gasteiger partial charge on any atom is 0.270 e. The van der Waals surface area contributed by atoms with Gasteiger partial charge in [0.1, 0.15) is 11.6 Å². The number of rotatable bonds is 5. The first-order valence-corrected chi connectivity index (χ1v) is 7.02. The Bertz CT molecular complexity index is 854. The summed E-state index contributed by atoms with van der Waals surface area (Å²) in [5.41, 5.74) is -0.306. The van der Waals surface area contributed by atoms with Gasteiger partial charge in [-0.05, 0) is 24.3 Å². The normalized spacial score (nSPS) is 10.0. The van der Waals surface area contributed by atoms with E-state index in [-0.39, 0.29) is 11.6 Å². The summed E-state index contributed by atoms with van der Waals surface area (Å²) >= 11 is 0. The van der Waals surface area contributed by atoms with E-state index in [4.69, 9.17) is 4.74 Å². The average molecular weight is 347 g/mol. The van der Waals surface area contributed by atoms with Crippen LogP contribution in [0.4, 0.5) is 21.5 Å². The van der Waals surface area contributed by atoms with E-state index in [0.717, 1.165) is 18.2 Å². The van der Waals surface area contributed by atoms with Gasteiger partial charge in [-0.1, -0.05) is 0 Å². The van der Waals surface area contributed by atoms with Crippen molar-refractivity contribution in [1.82, 2.24) is 0 Å². The van der Waals surface area contributed by atoms with Crippen LogP contribution in [0.15, 0.2) is 36.4 Å². The first-order valence-electron chi connectivity index (χ1n) is 7.02. The number of amides is 2. The maximum absolute atomic E-state index is 13.8. The van der Waals surface area contributed by atoms with Gasteiger partial charge in [0.25, 0.3) is 11.6 Å². The number of carbonyl (C=O) groups excluding carboxylic acids is 2. The van der Waals surface area contributed by atoms with E-state index in [1.807, 2.05) is 0 Å². The summed E-state index contributed by atoms with van der Waals surface area (Å²) in [6.07, 6.45) is 0. The van der Waals surface area contributed by atoms with Crippen LogP contribution in [0.3, 0.4) is 0 Å². The SMILES string of the molecule is COc1ccc(NC(=O)c2cc([N+](=O)[O-])ccc2F)cc1NC(C)=O. The van der Waals surface area contributed by atoms with Crippen molar-refractivity contribution in [3.05, 3.63) is 57.9 Å². The van der Waals surface area contributed by atoms with Gasteiger partial charge in [-0.15, -0.1) is 0 Å². The predicted octanol–water partition coefficient (Wildman–Crippen LogP) is 2.95. The van der Waals surface area contributed by atoms with Crippen LogP contribution in [-0.4, -0.2) is 23.8 Å². The van der Waals surface area contributed by atoms with E-state index in [9.17, 15) is 24.1 Å². The van der Waals surface area contributed by atoms with Crippen LogP contribution < -0.4 is 15.4 Å². The number of nitro groups is 1. The molecule has 2 N–H and O–H groups in total. The maximum atomic E-state index is 13.8. The molecule has 9 heteroatoms. The van der Waals surface area contributed by atoms with Crippen molar-refractivity contribution in [1.29, 1.82) is 0 Å². The molecule has 0 spiro atoms. The highest BCUT2D eigenvalue weighted by Crippen LogP contribution is 2.28. The van der Waals surface area contributed by atoms with Crippen LogP contribution in [0.5, 0.6) is 5.75 Å². The molecular weight excluding hydrogens is 333 g/mol. The second kappa shape index (κ2) is 7.39. The summed E-state index contributed by atoms with van der Waals surface area (Å²) in [5, 5.41) is 15.7. The molecule has 0 saturated carbocycles. The molecule has 130 valence electrons. The van der Waals surface area contributed by atoms with Crippen molar-refractivity contribution in [3.8, 4) is 5.75 Å². The molecule has 2 aromatic rings. The van der Waals surface area contributed by atoms with Crippen molar-refractivity contribution in [2.75, 3.05) is 17.7 Å². The summed E-state index contributed by atoms with van der Waals surface area (Å²) in [6, 6.07) is 7.08. The number of ether oxygens (including phenoxy) is 1. The van der Waals surface area contributed by atoms with Crippen molar-refractivity contribution in [2.45, 2.75) is 6.92 Å². The molecule has 0 atom stereocenters. The van der Waals surface area contributed by atoms with Gasteiger partial charge in [0.2, 0.25) is 5.91 Å². The largest absolute Gasteiger partial charge is 0.495 e. The molecule has 0 bridgehead atoms. The van der Waals surface area contributed by atoms with E-state index >= 15 is 0 Å². The van der Waals surface area contributed by atoms with Crippen molar-refractivity contribution < 1.29 is 23.6 Å². The lowest BCUT2D eigenvalue weighted by Crippen LogP contribution is -2.15. The fourth-order valence-electron chi connectivity index (χ4n) is 2.07. The monoisotopic (exact) mass is 347 g/mol. The third-order valence-corrected chi connectivity index (χ3v) is 3.17. The van der Waals surface area contributed by atoms with Crippen LogP contribution in [0.25, 0.3) is 0 Å². The van der Waals surface area contributed by atoms with Gasteiger partial charge in [-0.25, -0.2) is 4.39 Å². The Morgan fingerprint density at radius 3 is 2.48 bits per heavy atom. The minimum absolute atomic E-state index is 0.250. The Hall–Kier alpha value is -3.49. The molecule has 0 saturated heterocycles. The number of methoxy groups -OCH3 is 1. The highest BCUT2D eigenvalue weighted by atomic mass is 19.1. The van der Waals surface area contributed by atoms with Crippen LogP contribution in [-0.2, 0) is 4.79 Å². The molecule has 0 aliphatic heterocycles. The highest BCUT2D eigenvalue weighted by molar-refractivity contribution is 6.05. The summed E-state index contributed by atoms with van der Waals surface area (Å²) in [7, 11) is 1.41. The Labute approximate surface area is 141 Å². The van der Waals surface area contributed by atoms with E-state index in [1.54, 1.807) is 0 Å². The lowest BCUT2D eigenvalue weighted by atomic mass is 10.1. The average Bonchev–Trinajstić information content (AvgIpc) is 2.54. The Kier molecular flexibility index (Phi) is 5.28. The van der Waals surface area contributed by atoms with Crippen molar-refractivity contribution in [3.63, 3.8) is 0 Å². The Balaban J connectivity index is 2.30. The second-order valence-electron chi connectivity index (χ2n) is 4.97. The summed E-state index contributed by atoms with van der Waals surface area (Å²) in [4.78, 5) is 33.5. The number of anilines is 2. The molecule has 2 rings (SSSR count). The number of hydrogen-bond donors (Lipinski definition) is 2. The van der Waals surface area contributed by atoms with Gasteiger partial charge >= 0.3 is 0 Å². The van der Waals surface area contributed by atoms with Gasteiger partial charge in [-0.3, -0.25) is 19.7 Å². The minimum Gasteiger partial charge on any atom is -0.495 e. The van der Waals surface area contributed by atoms with E-state index in [2.05, 4.69) is 10.6 Å². The lowest BCUT2D eigenvalue weighted by molar-refractivity contribution is -0.384. The number of benzene rings is 2. The molecule has 0 fully saturated rings. The second-order valence-corrected chi connectivity index (χ2v) is 4.97. The zero-order valence-corrected chi connectivity index (χ0v) is 13.3. The van der Waals surface area contributed by atoms with Crippen molar-refractivity contribution >= 4 is 28.9 Å². The molecule has 2 aromatic carbocycles. The fourth-order valence-corrected chi connectivity index (χ4v) is 2.07. The van der Waals surface area contributed by atoms with E-state index < -0.39 is 27.9 Å². The molecule has 0 radical (unpaired) electrons. The molecule has 8 nitrogen and oxygen atoms in total. The third kappa shape index (κ3) is 4.28. The first-order chi connectivity index (χ1) is 11.8. The van der Waals surface area contributed by atoms with Gasteiger partial charge in [0.15, 0.2) is 0 Å². The van der Waals surface area contributed by atoms with Gasteiger partial charge < -0.3 is 15.4 Å². The Morgan fingerprint density at radius 2 is 1.88 bits per heavy atom. The van der Waals surface area contributed by atoms with Crippen LogP contribution in [0.1, 0.15) is 17.3 Å². The number of nitrogens with zero attached hydrogens (tertiary/aromatic N) is 1. The number of halogens is 1. The molecule has 25 heavy (non-hydrogen) atoms. The number of carbonyl (C=O) groups is 2. The van der Waals surface area contributed by atoms with Crippen molar-refractivity contribution in [2.24, 2.45) is 0 Å². The molecule has 0 heterocycles. The first kappa shape index (κ1) is 17.9. The van der Waals surface area contributed by atoms with E-state index in [0.29, 0.717) is 11.4 Å². The Morgan fingerprint density at radius 1 is 1.16 bits per heavy atom. The van der Waals surface area contributed by atoms with E-state index in [1.165, 1.54) is 32.2 Å².